The minimum absolute atomic E-state index is 0.0822. The van der Waals surface area contributed by atoms with Gasteiger partial charge in [0.1, 0.15) is 5.54 Å². The summed E-state index contributed by atoms with van der Waals surface area (Å²) in [6.07, 6.45) is 3.09. The number of hydrogen-bond acceptors (Lipinski definition) is 5. The normalized spacial score (nSPS) is 36.9. The van der Waals surface area contributed by atoms with Crippen molar-refractivity contribution < 1.29 is 14.3 Å². The number of carbonyl (C=O) groups excluding carboxylic acids is 1. The van der Waals surface area contributed by atoms with Crippen LogP contribution < -0.4 is 5.73 Å². The van der Waals surface area contributed by atoms with Gasteiger partial charge in [0, 0.05) is 50.7 Å². The largest absolute Gasteiger partial charge is 0.378 e. The summed E-state index contributed by atoms with van der Waals surface area (Å²) in [4.78, 5) is 17.6. The summed E-state index contributed by atoms with van der Waals surface area (Å²) >= 11 is 0. The van der Waals surface area contributed by atoms with E-state index in [4.69, 9.17) is 15.2 Å². The molecule has 3 fully saturated rings. The second-order valence-corrected chi connectivity index (χ2v) is 8.54. The van der Waals surface area contributed by atoms with Gasteiger partial charge in [-0.05, 0) is 26.7 Å². The van der Waals surface area contributed by atoms with Crippen LogP contribution in [-0.4, -0.2) is 78.9 Å². The number of ether oxygens (including phenoxy) is 2. The zero-order chi connectivity index (χ0) is 18.2. The fourth-order valence-corrected chi connectivity index (χ4v) is 4.69. The van der Waals surface area contributed by atoms with Crippen LogP contribution >= 0.6 is 0 Å². The second kappa shape index (κ2) is 7.14. The number of hydrogen-bond donors (Lipinski definition) is 1. The number of piperidine rings is 1. The Balaban J connectivity index is 1.55. The maximum atomic E-state index is 13.1. The fraction of sp³-hybridized carbons (Fsp3) is 0.947. The first-order chi connectivity index (χ1) is 11.8. The molecule has 2 N–H and O–H groups in total. The van der Waals surface area contributed by atoms with Gasteiger partial charge in [0.05, 0.1) is 18.8 Å². The van der Waals surface area contributed by atoms with E-state index in [1.165, 1.54) is 0 Å². The van der Waals surface area contributed by atoms with Crippen LogP contribution in [0.15, 0.2) is 0 Å². The molecule has 6 nitrogen and oxygen atoms in total. The molecule has 0 bridgehead atoms. The molecule has 0 spiro atoms. The lowest BCUT2D eigenvalue weighted by Crippen LogP contribution is -2.76. The number of likely N-dealkylation sites (tertiary alicyclic amines) is 1. The van der Waals surface area contributed by atoms with Crippen LogP contribution in [0.1, 0.15) is 47.0 Å². The highest BCUT2D eigenvalue weighted by Crippen LogP contribution is 2.50. The highest BCUT2D eigenvalue weighted by Gasteiger charge is 2.63. The van der Waals surface area contributed by atoms with Gasteiger partial charge in [-0.15, -0.1) is 0 Å². The Morgan fingerprint density at radius 1 is 1.28 bits per heavy atom. The lowest BCUT2D eigenvalue weighted by Gasteiger charge is -2.59. The van der Waals surface area contributed by atoms with Gasteiger partial charge < -0.3 is 20.1 Å². The van der Waals surface area contributed by atoms with Crippen molar-refractivity contribution in [3.05, 3.63) is 0 Å². The first kappa shape index (κ1) is 19.1. The van der Waals surface area contributed by atoms with Crippen LogP contribution in [0.5, 0.6) is 0 Å². The van der Waals surface area contributed by atoms with Crippen molar-refractivity contribution in [2.45, 2.75) is 70.7 Å². The van der Waals surface area contributed by atoms with E-state index >= 15 is 0 Å². The van der Waals surface area contributed by atoms with E-state index in [1.54, 1.807) is 0 Å². The molecule has 1 aliphatic carbocycles. The zero-order valence-corrected chi connectivity index (χ0v) is 16.3. The van der Waals surface area contributed by atoms with Crippen LogP contribution in [0, 0.1) is 5.41 Å². The Kier molecular flexibility index (Phi) is 5.45. The molecule has 0 aromatic heterocycles. The predicted molar refractivity (Wildman–Crippen MR) is 97.3 cm³/mol. The highest BCUT2D eigenvalue weighted by molar-refractivity contribution is 5.89. The Labute approximate surface area is 152 Å². The number of nitrogens with zero attached hydrogens (tertiary/aromatic N) is 2. The predicted octanol–water partition coefficient (Wildman–Crippen LogP) is 1.23. The smallest absolute Gasteiger partial charge is 0.243 e. The van der Waals surface area contributed by atoms with Crippen LogP contribution in [0.2, 0.25) is 0 Å². The van der Waals surface area contributed by atoms with Gasteiger partial charge in [0.25, 0.3) is 0 Å². The molecule has 25 heavy (non-hydrogen) atoms. The molecule has 1 amide bonds. The number of carbonyl (C=O) groups is 1. The van der Waals surface area contributed by atoms with Gasteiger partial charge in [-0.25, -0.2) is 0 Å². The first-order valence-corrected chi connectivity index (χ1v) is 9.85. The highest BCUT2D eigenvalue weighted by atomic mass is 16.5. The molecule has 6 heteroatoms. The fourth-order valence-electron chi connectivity index (χ4n) is 4.69. The van der Waals surface area contributed by atoms with E-state index in [9.17, 15) is 4.79 Å². The average Bonchev–Trinajstić information content (AvgIpc) is 2.61. The van der Waals surface area contributed by atoms with Crippen molar-refractivity contribution in [2.75, 3.05) is 39.4 Å². The van der Waals surface area contributed by atoms with Gasteiger partial charge in [-0.2, -0.15) is 0 Å². The van der Waals surface area contributed by atoms with E-state index in [2.05, 4.69) is 25.7 Å². The lowest BCUT2D eigenvalue weighted by molar-refractivity contribution is -0.180. The molecule has 3 aliphatic rings. The standard InChI is InChI=1S/C19H35N3O3/c1-5-24-16-12-19(20,18(16,3)4)17(23)21-8-6-15(7-9-21)22-10-11-25-14(2)13-22/h14-16H,5-13,20H2,1-4H3. The van der Waals surface area contributed by atoms with Crippen molar-refractivity contribution in [2.24, 2.45) is 11.1 Å². The van der Waals surface area contributed by atoms with Crippen molar-refractivity contribution >= 4 is 5.91 Å². The molecule has 0 aromatic carbocycles. The second-order valence-electron chi connectivity index (χ2n) is 8.54. The zero-order valence-electron chi connectivity index (χ0n) is 16.3. The van der Waals surface area contributed by atoms with Crippen LogP contribution in [-0.2, 0) is 14.3 Å². The van der Waals surface area contributed by atoms with E-state index in [0.29, 0.717) is 25.2 Å². The maximum absolute atomic E-state index is 13.1. The van der Waals surface area contributed by atoms with Gasteiger partial charge >= 0.3 is 0 Å². The maximum Gasteiger partial charge on any atom is 0.243 e. The summed E-state index contributed by atoms with van der Waals surface area (Å²) in [6.45, 7) is 13.4. The molecule has 0 aromatic rings. The monoisotopic (exact) mass is 353 g/mol. The first-order valence-electron chi connectivity index (χ1n) is 9.85. The Hall–Kier alpha value is -0.690. The molecule has 3 unspecified atom stereocenters. The van der Waals surface area contributed by atoms with Crippen molar-refractivity contribution in [1.29, 1.82) is 0 Å². The van der Waals surface area contributed by atoms with E-state index in [-0.39, 0.29) is 17.4 Å². The minimum atomic E-state index is -0.785. The lowest BCUT2D eigenvalue weighted by atomic mass is 9.54. The van der Waals surface area contributed by atoms with Gasteiger partial charge in [-0.1, -0.05) is 13.8 Å². The summed E-state index contributed by atoms with van der Waals surface area (Å²) < 4.78 is 11.4. The van der Waals surface area contributed by atoms with E-state index in [0.717, 1.165) is 45.6 Å². The van der Waals surface area contributed by atoms with Crippen molar-refractivity contribution in [3.8, 4) is 0 Å². The minimum Gasteiger partial charge on any atom is -0.378 e. The summed E-state index contributed by atoms with van der Waals surface area (Å²) in [5, 5.41) is 0. The number of morpholine rings is 1. The SMILES string of the molecule is CCOC1CC(N)(C(=O)N2CCC(N3CCOC(C)C3)CC2)C1(C)C. The van der Waals surface area contributed by atoms with Crippen molar-refractivity contribution in [3.63, 3.8) is 0 Å². The third kappa shape index (κ3) is 3.34. The molecular weight excluding hydrogens is 318 g/mol. The molecule has 144 valence electrons. The Morgan fingerprint density at radius 2 is 1.96 bits per heavy atom. The van der Waals surface area contributed by atoms with E-state index in [1.807, 2.05) is 11.8 Å². The topological polar surface area (TPSA) is 68.0 Å². The Morgan fingerprint density at radius 3 is 2.52 bits per heavy atom. The summed E-state index contributed by atoms with van der Waals surface area (Å²) in [6, 6.07) is 0.565. The number of amides is 1. The molecule has 2 saturated heterocycles. The number of rotatable bonds is 4. The number of nitrogens with two attached hydrogens (primary N) is 1. The third-order valence-electron chi connectivity index (χ3n) is 6.75. The molecule has 0 radical (unpaired) electrons. The quantitative estimate of drug-likeness (QED) is 0.823. The van der Waals surface area contributed by atoms with Crippen LogP contribution in [0.25, 0.3) is 0 Å². The summed E-state index contributed by atoms with van der Waals surface area (Å²) in [7, 11) is 0. The van der Waals surface area contributed by atoms with Gasteiger partial charge in [-0.3, -0.25) is 9.69 Å². The molecule has 3 rings (SSSR count). The molecule has 1 saturated carbocycles. The average molecular weight is 354 g/mol. The van der Waals surface area contributed by atoms with Gasteiger partial charge in [0.15, 0.2) is 0 Å². The Bertz CT molecular complexity index is 490. The molecule has 2 heterocycles. The third-order valence-corrected chi connectivity index (χ3v) is 6.75. The van der Waals surface area contributed by atoms with Crippen molar-refractivity contribution in [1.82, 2.24) is 9.80 Å². The van der Waals surface area contributed by atoms with Crippen LogP contribution in [0.4, 0.5) is 0 Å². The van der Waals surface area contributed by atoms with E-state index < -0.39 is 5.54 Å². The molecular formula is C19H35N3O3. The van der Waals surface area contributed by atoms with Gasteiger partial charge in [0.2, 0.25) is 5.91 Å². The summed E-state index contributed by atoms with van der Waals surface area (Å²) in [5.41, 5.74) is 5.48. The summed E-state index contributed by atoms with van der Waals surface area (Å²) in [5.74, 6) is 0.113. The van der Waals surface area contributed by atoms with Crippen LogP contribution in [0.3, 0.4) is 0 Å². The molecule has 3 atom stereocenters. The molecule has 2 aliphatic heterocycles.